The first-order valence-corrected chi connectivity index (χ1v) is 5.37. The molecule has 0 unspecified atom stereocenters. The molecule has 0 saturated heterocycles. The van der Waals surface area contributed by atoms with Gasteiger partial charge in [0.05, 0.1) is 18.7 Å². The summed E-state index contributed by atoms with van der Waals surface area (Å²) in [5, 5.41) is 5.34. The van der Waals surface area contributed by atoms with Gasteiger partial charge >= 0.3 is 0 Å². The van der Waals surface area contributed by atoms with Crippen molar-refractivity contribution in [2.24, 2.45) is 0 Å². The zero-order valence-corrected chi connectivity index (χ0v) is 9.19. The van der Waals surface area contributed by atoms with Gasteiger partial charge in [-0.05, 0) is 6.42 Å². The van der Waals surface area contributed by atoms with Gasteiger partial charge in [0, 0.05) is 12.5 Å². The van der Waals surface area contributed by atoms with Gasteiger partial charge in [-0.1, -0.05) is 6.92 Å². The quantitative estimate of drug-likeness (QED) is 0.811. The van der Waals surface area contributed by atoms with E-state index >= 15 is 0 Å². The molecular formula is C9H14N2O2S. The zero-order chi connectivity index (χ0) is 10.4. The predicted molar refractivity (Wildman–Crippen MR) is 56.6 cm³/mol. The Morgan fingerprint density at radius 3 is 3.07 bits per heavy atom. The molecule has 78 valence electrons. The minimum Gasteiger partial charge on any atom is -0.384 e. The van der Waals surface area contributed by atoms with Crippen LogP contribution in [0.25, 0.3) is 0 Å². The fourth-order valence-corrected chi connectivity index (χ4v) is 1.71. The molecule has 0 spiro atoms. The summed E-state index contributed by atoms with van der Waals surface area (Å²) in [4.78, 5) is 15.5. The first kappa shape index (κ1) is 11.1. The first-order chi connectivity index (χ1) is 6.76. The second-order valence-electron chi connectivity index (χ2n) is 2.79. The summed E-state index contributed by atoms with van der Waals surface area (Å²) in [6.45, 7) is 2.48. The van der Waals surface area contributed by atoms with Gasteiger partial charge < -0.3 is 10.1 Å². The molecule has 14 heavy (non-hydrogen) atoms. The molecule has 1 aromatic rings. The molecule has 1 amide bonds. The van der Waals surface area contributed by atoms with Crippen molar-refractivity contribution in [1.82, 2.24) is 4.98 Å². The second-order valence-corrected chi connectivity index (χ2v) is 3.65. The minimum absolute atomic E-state index is 0.0520. The predicted octanol–water partition coefficient (Wildman–Crippen LogP) is 1.68. The van der Waals surface area contributed by atoms with E-state index in [0.717, 1.165) is 12.1 Å². The van der Waals surface area contributed by atoms with Crippen LogP contribution in [0.3, 0.4) is 0 Å². The summed E-state index contributed by atoms with van der Waals surface area (Å²) in [5.41, 5.74) is 1.01. The summed E-state index contributed by atoms with van der Waals surface area (Å²) >= 11 is 1.45. The monoisotopic (exact) mass is 214 g/mol. The largest absolute Gasteiger partial charge is 0.384 e. The number of hydrogen-bond acceptors (Lipinski definition) is 4. The van der Waals surface area contributed by atoms with E-state index in [4.69, 9.17) is 4.74 Å². The molecule has 0 aliphatic heterocycles. The Balaban J connectivity index is 2.39. The van der Waals surface area contributed by atoms with Crippen molar-refractivity contribution >= 4 is 22.4 Å². The number of rotatable bonds is 5. The van der Waals surface area contributed by atoms with Crippen LogP contribution in [0.15, 0.2) is 5.38 Å². The van der Waals surface area contributed by atoms with E-state index in [1.807, 2.05) is 12.3 Å². The molecule has 1 N–H and O–H groups in total. The Morgan fingerprint density at radius 2 is 2.50 bits per heavy atom. The van der Waals surface area contributed by atoms with Crippen LogP contribution in [0, 0.1) is 0 Å². The number of carbonyl (C=O) groups is 1. The summed E-state index contributed by atoms with van der Waals surface area (Å²) < 4.78 is 4.80. The second kappa shape index (κ2) is 5.72. The molecule has 0 bridgehead atoms. The van der Waals surface area contributed by atoms with Crippen molar-refractivity contribution in [2.75, 3.05) is 19.0 Å². The molecule has 1 heterocycles. The van der Waals surface area contributed by atoms with Crippen LogP contribution in [0.4, 0.5) is 5.13 Å². The van der Waals surface area contributed by atoms with E-state index in [1.54, 1.807) is 7.11 Å². The topological polar surface area (TPSA) is 51.2 Å². The van der Waals surface area contributed by atoms with Crippen LogP contribution in [0.2, 0.25) is 0 Å². The van der Waals surface area contributed by atoms with Crippen LogP contribution in [0.1, 0.15) is 19.0 Å². The lowest BCUT2D eigenvalue weighted by Gasteiger charge is -1.99. The number of thiazole rings is 1. The summed E-state index contributed by atoms with van der Waals surface area (Å²) in [7, 11) is 1.58. The van der Waals surface area contributed by atoms with Crippen LogP contribution in [-0.2, 0) is 16.0 Å². The van der Waals surface area contributed by atoms with Gasteiger partial charge in [-0.25, -0.2) is 4.98 Å². The van der Waals surface area contributed by atoms with Crippen molar-refractivity contribution in [1.29, 1.82) is 0 Å². The average Bonchev–Trinajstić information content (AvgIpc) is 2.62. The van der Waals surface area contributed by atoms with E-state index in [2.05, 4.69) is 10.3 Å². The third-order valence-electron chi connectivity index (χ3n) is 1.69. The number of nitrogens with zero attached hydrogens (tertiary/aromatic N) is 1. The Hall–Kier alpha value is -0.940. The molecule has 0 atom stereocenters. The van der Waals surface area contributed by atoms with Gasteiger partial charge in [-0.15, -0.1) is 11.3 Å². The summed E-state index contributed by atoms with van der Waals surface area (Å²) in [5.74, 6) is -0.0520. The van der Waals surface area contributed by atoms with E-state index in [0.29, 0.717) is 18.2 Å². The number of carbonyl (C=O) groups excluding carboxylic acids is 1. The molecule has 1 rings (SSSR count). The maximum absolute atomic E-state index is 11.2. The van der Waals surface area contributed by atoms with Crippen LogP contribution in [-0.4, -0.2) is 24.6 Å². The van der Waals surface area contributed by atoms with E-state index in [1.165, 1.54) is 11.3 Å². The fraction of sp³-hybridized carbons (Fsp3) is 0.556. The highest BCUT2D eigenvalue weighted by Gasteiger charge is 2.04. The number of hydrogen-bond donors (Lipinski definition) is 1. The lowest BCUT2D eigenvalue weighted by atomic mass is 10.4. The van der Waals surface area contributed by atoms with E-state index in [-0.39, 0.29) is 5.91 Å². The molecule has 0 fully saturated rings. The summed E-state index contributed by atoms with van der Waals surface area (Å²) in [6, 6.07) is 0. The number of nitrogens with one attached hydrogen (secondary N) is 1. The van der Waals surface area contributed by atoms with Crippen molar-refractivity contribution in [3.05, 3.63) is 11.1 Å². The Bertz CT molecular complexity index is 299. The molecule has 0 radical (unpaired) electrons. The Labute approximate surface area is 87.3 Å². The molecule has 1 aromatic heterocycles. The fourth-order valence-electron chi connectivity index (χ4n) is 0.903. The van der Waals surface area contributed by atoms with Crippen LogP contribution < -0.4 is 5.32 Å². The summed E-state index contributed by atoms with van der Waals surface area (Å²) in [6.07, 6.45) is 1.27. The molecule has 0 saturated carbocycles. The normalized spacial score (nSPS) is 10.1. The van der Waals surface area contributed by atoms with Gasteiger partial charge in [0.2, 0.25) is 5.91 Å². The maximum Gasteiger partial charge on any atom is 0.228 e. The number of aryl methyl sites for hydroxylation is 1. The van der Waals surface area contributed by atoms with Crippen molar-refractivity contribution < 1.29 is 9.53 Å². The molecule has 5 heteroatoms. The highest BCUT2D eigenvalue weighted by atomic mass is 32.1. The van der Waals surface area contributed by atoms with Crippen molar-refractivity contribution in [3.8, 4) is 0 Å². The van der Waals surface area contributed by atoms with Gasteiger partial charge in [0.15, 0.2) is 5.13 Å². The van der Waals surface area contributed by atoms with Gasteiger partial charge in [0.1, 0.15) is 0 Å². The van der Waals surface area contributed by atoms with Gasteiger partial charge in [-0.2, -0.15) is 0 Å². The number of methoxy groups -OCH3 is 1. The highest BCUT2D eigenvalue weighted by Crippen LogP contribution is 2.15. The van der Waals surface area contributed by atoms with Gasteiger partial charge in [-0.3, -0.25) is 4.79 Å². The molecule has 0 aromatic carbocycles. The number of amides is 1. The number of aromatic nitrogens is 1. The Morgan fingerprint density at radius 1 is 1.71 bits per heavy atom. The average molecular weight is 214 g/mol. The molecule has 4 nitrogen and oxygen atoms in total. The molecule has 0 aliphatic rings. The number of anilines is 1. The zero-order valence-electron chi connectivity index (χ0n) is 8.37. The van der Waals surface area contributed by atoms with Crippen LogP contribution >= 0.6 is 11.3 Å². The first-order valence-electron chi connectivity index (χ1n) is 4.49. The van der Waals surface area contributed by atoms with Gasteiger partial charge in [0.25, 0.3) is 0 Å². The minimum atomic E-state index is -0.0520. The molecule has 0 aliphatic carbocycles. The third kappa shape index (κ3) is 3.43. The lowest BCUT2D eigenvalue weighted by molar-refractivity contribution is -0.117. The lowest BCUT2D eigenvalue weighted by Crippen LogP contribution is -2.13. The van der Waals surface area contributed by atoms with Crippen molar-refractivity contribution in [3.63, 3.8) is 0 Å². The molecular weight excluding hydrogens is 200 g/mol. The number of ether oxygens (including phenoxy) is 1. The standard InChI is InChI=1S/C9H14N2O2S/c1-3-7-6-14-9(10-7)11-8(12)4-5-13-2/h6H,3-5H2,1-2H3,(H,10,11,12). The Kier molecular flexibility index (Phi) is 4.55. The van der Waals surface area contributed by atoms with E-state index < -0.39 is 0 Å². The smallest absolute Gasteiger partial charge is 0.228 e. The third-order valence-corrected chi connectivity index (χ3v) is 2.50. The SMILES string of the molecule is CCc1csc(NC(=O)CCOC)n1. The van der Waals surface area contributed by atoms with E-state index in [9.17, 15) is 4.79 Å². The van der Waals surface area contributed by atoms with Crippen LogP contribution in [0.5, 0.6) is 0 Å². The highest BCUT2D eigenvalue weighted by molar-refractivity contribution is 7.13. The maximum atomic E-state index is 11.2. The van der Waals surface area contributed by atoms with Crippen molar-refractivity contribution in [2.45, 2.75) is 19.8 Å².